The van der Waals surface area contributed by atoms with Gasteiger partial charge in [0.2, 0.25) is 17.7 Å². The normalized spacial score (nSPS) is 14.1. The summed E-state index contributed by atoms with van der Waals surface area (Å²) in [5, 5.41) is 8.13. The highest BCUT2D eigenvalue weighted by molar-refractivity contribution is 5.93. The van der Waals surface area contributed by atoms with Gasteiger partial charge in [0.1, 0.15) is 18.1 Å². The molecular weight excluding hydrogens is 374 g/mol. The lowest BCUT2D eigenvalue weighted by Gasteiger charge is -2.26. The molecule has 0 saturated carbocycles. The lowest BCUT2D eigenvalue weighted by atomic mass is 9.99. The molecule has 0 aromatic carbocycles. The van der Waals surface area contributed by atoms with Gasteiger partial charge in [-0.25, -0.2) is 4.79 Å². The smallest absolute Gasteiger partial charge is 0.328 e. The third-order valence-electron chi connectivity index (χ3n) is 4.39. The minimum Gasteiger partial charge on any atom is -0.467 e. The van der Waals surface area contributed by atoms with E-state index < -0.39 is 35.9 Å². The van der Waals surface area contributed by atoms with Crippen LogP contribution in [0.5, 0.6) is 0 Å². The summed E-state index contributed by atoms with van der Waals surface area (Å²) in [5.41, 5.74) is 0. The summed E-state index contributed by atoms with van der Waals surface area (Å²) < 4.78 is 4.79. The molecule has 8 heteroatoms. The van der Waals surface area contributed by atoms with Crippen molar-refractivity contribution in [3.8, 4) is 0 Å². The number of methoxy groups -OCH3 is 1. The van der Waals surface area contributed by atoms with Gasteiger partial charge in [-0.15, -0.1) is 0 Å². The highest BCUT2D eigenvalue weighted by Crippen LogP contribution is 2.10. The van der Waals surface area contributed by atoms with E-state index in [9.17, 15) is 19.2 Å². The second-order valence-corrected chi connectivity index (χ2v) is 8.30. The van der Waals surface area contributed by atoms with Crippen LogP contribution in [0.4, 0.5) is 0 Å². The summed E-state index contributed by atoms with van der Waals surface area (Å²) in [7, 11) is 1.28. The number of hydrogen-bond acceptors (Lipinski definition) is 5. The van der Waals surface area contributed by atoms with Crippen LogP contribution in [0.15, 0.2) is 0 Å². The minimum atomic E-state index is -0.806. The van der Waals surface area contributed by atoms with Gasteiger partial charge in [0.05, 0.1) is 7.11 Å². The van der Waals surface area contributed by atoms with Gasteiger partial charge in [-0.2, -0.15) is 0 Å². The van der Waals surface area contributed by atoms with Gasteiger partial charge < -0.3 is 20.7 Å². The molecule has 0 aliphatic carbocycles. The SMILES string of the molecule is CCCC[C@H](NC(=O)[C@H](CC(C)C)NC(=O)[C@H](CC(C)C)NC(C)=O)C(=O)OC. The molecule has 0 aliphatic rings. The molecule has 0 rings (SSSR count). The molecule has 0 bridgehead atoms. The van der Waals surface area contributed by atoms with Crippen molar-refractivity contribution in [3.05, 3.63) is 0 Å². The van der Waals surface area contributed by atoms with Crippen LogP contribution in [0.2, 0.25) is 0 Å². The van der Waals surface area contributed by atoms with Crippen molar-refractivity contribution in [3.63, 3.8) is 0 Å². The highest BCUT2D eigenvalue weighted by Gasteiger charge is 2.30. The number of nitrogens with one attached hydrogen (secondary N) is 3. The van der Waals surface area contributed by atoms with Crippen LogP contribution in [-0.4, -0.2) is 48.9 Å². The van der Waals surface area contributed by atoms with Crippen LogP contribution in [0.3, 0.4) is 0 Å². The number of unbranched alkanes of at least 4 members (excludes halogenated alkanes) is 1. The molecule has 3 N–H and O–H groups in total. The van der Waals surface area contributed by atoms with Crippen molar-refractivity contribution in [2.75, 3.05) is 7.11 Å². The topological polar surface area (TPSA) is 114 Å². The standard InChI is InChI=1S/C21H39N3O5/c1-8-9-10-16(21(28)29-7)23-20(27)18(12-14(4)5)24-19(26)17(11-13(2)3)22-15(6)25/h13-14,16-18H,8-12H2,1-7H3,(H,22,25)(H,23,27)(H,24,26)/t16-,17-,18-/m0/s1. The maximum Gasteiger partial charge on any atom is 0.328 e. The molecule has 0 aromatic rings. The Morgan fingerprint density at radius 2 is 1.24 bits per heavy atom. The molecular formula is C21H39N3O5. The quantitative estimate of drug-likeness (QED) is 0.399. The Balaban J connectivity index is 5.33. The van der Waals surface area contributed by atoms with Crippen LogP contribution in [0.1, 0.15) is 73.6 Å². The molecule has 0 unspecified atom stereocenters. The molecule has 0 saturated heterocycles. The summed E-state index contributed by atoms with van der Waals surface area (Å²) in [5.74, 6) is -1.31. The molecule has 168 valence electrons. The van der Waals surface area contributed by atoms with Crippen LogP contribution >= 0.6 is 0 Å². The largest absolute Gasteiger partial charge is 0.467 e. The van der Waals surface area contributed by atoms with Gasteiger partial charge in [0, 0.05) is 6.92 Å². The minimum absolute atomic E-state index is 0.141. The zero-order valence-electron chi connectivity index (χ0n) is 19.0. The predicted octanol–water partition coefficient (Wildman–Crippen LogP) is 1.92. The first-order valence-corrected chi connectivity index (χ1v) is 10.5. The van der Waals surface area contributed by atoms with Crippen molar-refractivity contribution >= 4 is 23.7 Å². The van der Waals surface area contributed by atoms with E-state index in [0.717, 1.165) is 12.8 Å². The molecule has 0 aromatic heterocycles. The zero-order chi connectivity index (χ0) is 22.6. The summed E-state index contributed by atoms with van der Waals surface area (Å²) in [4.78, 5) is 49.1. The Hall–Kier alpha value is -2.12. The van der Waals surface area contributed by atoms with Gasteiger partial charge in [-0.3, -0.25) is 14.4 Å². The molecule has 0 fully saturated rings. The fourth-order valence-electron chi connectivity index (χ4n) is 3.00. The fourth-order valence-corrected chi connectivity index (χ4v) is 3.00. The Kier molecular flexibility index (Phi) is 12.9. The molecule has 3 amide bonds. The molecule has 29 heavy (non-hydrogen) atoms. The van der Waals surface area contributed by atoms with E-state index in [1.165, 1.54) is 14.0 Å². The van der Waals surface area contributed by atoms with Gasteiger partial charge >= 0.3 is 5.97 Å². The predicted molar refractivity (Wildman–Crippen MR) is 112 cm³/mol. The number of ether oxygens (including phenoxy) is 1. The van der Waals surface area contributed by atoms with Gasteiger partial charge in [-0.1, -0.05) is 47.5 Å². The average Bonchev–Trinajstić information content (AvgIpc) is 2.61. The second kappa shape index (κ2) is 14.0. The van der Waals surface area contributed by atoms with E-state index >= 15 is 0 Å². The fraction of sp³-hybridized carbons (Fsp3) is 0.810. The Morgan fingerprint density at radius 1 is 0.793 bits per heavy atom. The number of rotatable bonds is 13. The van der Waals surface area contributed by atoms with Crippen LogP contribution in [0, 0.1) is 11.8 Å². The van der Waals surface area contributed by atoms with Crippen molar-refractivity contribution in [1.82, 2.24) is 16.0 Å². The van der Waals surface area contributed by atoms with E-state index in [0.29, 0.717) is 19.3 Å². The van der Waals surface area contributed by atoms with Crippen LogP contribution in [0.25, 0.3) is 0 Å². The Morgan fingerprint density at radius 3 is 1.62 bits per heavy atom. The Bertz CT molecular complexity index is 548. The summed E-state index contributed by atoms with van der Waals surface area (Å²) in [6.07, 6.45) is 2.99. The van der Waals surface area contributed by atoms with Crippen molar-refractivity contribution in [2.45, 2.75) is 91.8 Å². The molecule has 0 spiro atoms. The molecule has 3 atom stereocenters. The van der Waals surface area contributed by atoms with E-state index in [2.05, 4.69) is 16.0 Å². The van der Waals surface area contributed by atoms with Gasteiger partial charge in [-0.05, 0) is 31.1 Å². The molecule has 0 radical (unpaired) electrons. The number of esters is 1. The lowest BCUT2D eigenvalue weighted by molar-refractivity contribution is -0.145. The maximum absolute atomic E-state index is 12.9. The molecule has 8 nitrogen and oxygen atoms in total. The van der Waals surface area contributed by atoms with E-state index in [4.69, 9.17) is 4.74 Å². The average molecular weight is 414 g/mol. The first kappa shape index (κ1) is 26.9. The van der Waals surface area contributed by atoms with Gasteiger partial charge in [0.25, 0.3) is 0 Å². The van der Waals surface area contributed by atoms with Crippen molar-refractivity contribution in [1.29, 1.82) is 0 Å². The first-order chi connectivity index (χ1) is 13.5. The third kappa shape index (κ3) is 11.5. The summed E-state index contributed by atoms with van der Waals surface area (Å²) >= 11 is 0. The van der Waals surface area contributed by atoms with Crippen molar-refractivity contribution in [2.24, 2.45) is 11.8 Å². The van der Waals surface area contributed by atoms with E-state index in [1.54, 1.807) is 0 Å². The van der Waals surface area contributed by atoms with Crippen LogP contribution < -0.4 is 16.0 Å². The third-order valence-corrected chi connectivity index (χ3v) is 4.39. The van der Waals surface area contributed by atoms with E-state index in [-0.39, 0.29) is 17.7 Å². The number of hydrogen-bond donors (Lipinski definition) is 3. The molecule has 0 heterocycles. The number of carbonyl (C=O) groups is 4. The summed E-state index contributed by atoms with van der Waals surface area (Å²) in [6.45, 7) is 11.1. The lowest BCUT2D eigenvalue weighted by Crippen LogP contribution is -2.56. The van der Waals surface area contributed by atoms with Crippen LogP contribution in [-0.2, 0) is 23.9 Å². The monoisotopic (exact) mass is 413 g/mol. The summed E-state index contributed by atoms with van der Waals surface area (Å²) in [6, 6.07) is -2.27. The Labute approximate surface area is 174 Å². The molecule has 0 aliphatic heterocycles. The first-order valence-electron chi connectivity index (χ1n) is 10.5. The second-order valence-electron chi connectivity index (χ2n) is 8.30. The van der Waals surface area contributed by atoms with E-state index in [1.807, 2.05) is 34.6 Å². The maximum atomic E-state index is 12.9. The van der Waals surface area contributed by atoms with Gasteiger partial charge in [0.15, 0.2) is 0 Å². The highest BCUT2D eigenvalue weighted by atomic mass is 16.5. The van der Waals surface area contributed by atoms with Crippen molar-refractivity contribution < 1.29 is 23.9 Å². The number of amides is 3. The zero-order valence-corrected chi connectivity index (χ0v) is 19.0. The number of carbonyl (C=O) groups excluding carboxylic acids is 4.